The number of anilines is 1. The first-order valence-corrected chi connectivity index (χ1v) is 9.76. The van der Waals surface area contributed by atoms with Gasteiger partial charge in [-0.25, -0.2) is 4.79 Å². The predicted octanol–water partition coefficient (Wildman–Crippen LogP) is 4.07. The van der Waals surface area contributed by atoms with Crippen molar-refractivity contribution in [3.05, 3.63) is 39.8 Å². The van der Waals surface area contributed by atoms with Crippen molar-refractivity contribution in [2.24, 2.45) is 0 Å². The number of carbonyl (C=O) groups is 2. The smallest absolute Gasteiger partial charge is 0.341 e. The molecule has 0 bridgehead atoms. The molecule has 1 aliphatic carbocycles. The maximum Gasteiger partial charge on any atom is 0.341 e. The van der Waals surface area contributed by atoms with E-state index in [1.165, 1.54) is 25.6 Å². The Balaban J connectivity index is 2.00. The number of esters is 1. The number of benzene rings is 1. The maximum absolute atomic E-state index is 13.0. The molecular weight excluding hydrogens is 366 g/mol. The number of methoxy groups -OCH3 is 2. The Morgan fingerprint density at radius 3 is 2.37 bits per heavy atom. The SMILES string of the molecule is CCOC(=O)c1c(NC(=O)c2c(OC)cccc2OC)sc2c1CCCC2. The minimum atomic E-state index is -0.390. The second-order valence-electron chi connectivity index (χ2n) is 6.13. The van der Waals surface area contributed by atoms with E-state index in [1.54, 1.807) is 25.1 Å². The molecule has 1 N–H and O–H groups in total. The number of thiophene rings is 1. The van der Waals surface area contributed by atoms with Crippen molar-refractivity contribution < 1.29 is 23.8 Å². The van der Waals surface area contributed by atoms with E-state index in [1.807, 2.05) is 0 Å². The fourth-order valence-corrected chi connectivity index (χ4v) is 4.59. The molecule has 3 rings (SSSR count). The molecule has 0 saturated carbocycles. The monoisotopic (exact) mass is 389 g/mol. The summed E-state index contributed by atoms with van der Waals surface area (Å²) in [6, 6.07) is 5.15. The van der Waals surface area contributed by atoms with Gasteiger partial charge < -0.3 is 19.5 Å². The summed E-state index contributed by atoms with van der Waals surface area (Å²) in [5.41, 5.74) is 1.79. The second-order valence-corrected chi connectivity index (χ2v) is 7.23. The van der Waals surface area contributed by atoms with Crippen molar-refractivity contribution in [3.8, 4) is 11.5 Å². The minimum absolute atomic E-state index is 0.289. The lowest BCUT2D eigenvalue weighted by Gasteiger charge is -2.14. The molecule has 7 heteroatoms. The fraction of sp³-hybridized carbons (Fsp3) is 0.400. The first-order chi connectivity index (χ1) is 13.1. The molecule has 1 aliphatic rings. The zero-order chi connectivity index (χ0) is 19.4. The molecule has 0 atom stereocenters. The van der Waals surface area contributed by atoms with Gasteiger partial charge in [-0.05, 0) is 50.3 Å². The topological polar surface area (TPSA) is 73.9 Å². The van der Waals surface area contributed by atoms with E-state index >= 15 is 0 Å². The molecular formula is C20H23NO5S. The van der Waals surface area contributed by atoms with Crippen LogP contribution in [0.1, 0.15) is 50.9 Å². The van der Waals surface area contributed by atoms with Gasteiger partial charge >= 0.3 is 5.97 Å². The third kappa shape index (κ3) is 3.78. The number of hydrogen-bond acceptors (Lipinski definition) is 6. The zero-order valence-electron chi connectivity index (χ0n) is 15.7. The van der Waals surface area contributed by atoms with Crippen LogP contribution in [-0.2, 0) is 17.6 Å². The molecule has 27 heavy (non-hydrogen) atoms. The lowest BCUT2D eigenvalue weighted by atomic mass is 9.95. The van der Waals surface area contributed by atoms with Gasteiger partial charge in [0.15, 0.2) is 0 Å². The van der Waals surface area contributed by atoms with E-state index in [4.69, 9.17) is 14.2 Å². The molecule has 0 unspecified atom stereocenters. The summed E-state index contributed by atoms with van der Waals surface area (Å²) in [7, 11) is 3.00. The Kier molecular flexibility index (Phi) is 6.01. The molecule has 0 radical (unpaired) electrons. The third-order valence-corrected chi connectivity index (χ3v) is 5.74. The maximum atomic E-state index is 13.0. The van der Waals surface area contributed by atoms with Gasteiger partial charge in [0.05, 0.1) is 26.4 Å². The average Bonchev–Trinajstić information content (AvgIpc) is 3.05. The normalized spacial score (nSPS) is 12.9. The first kappa shape index (κ1) is 19.2. The number of nitrogens with one attached hydrogen (secondary N) is 1. The van der Waals surface area contributed by atoms with E-state index in [9.17, 15) is 9.59 Å². The van der Waals surface area contributed by atoms with Gasteiger partial charge in [-0.1, -0.05) is 6.07 Å². The van der Waals surface area contributed by atoms with E-state index in [-0.39, 0.29) is 18.5 Å². The molecule has 0 saturated heterocycles. The summed E-state index contributed by atoms with van der Waals surface area (Å²) < 4.78 is 15.9. The highest BCUT2D eigenvalue weighted by molar-refractivity contribution is 7.17. The lowest BCUT2D eigenvalue weighted by Crippen LogP contribution is -2.17. The van der Waals surface area contributed by atoms with Gasteiger partial charge in [-0.3, -0.25) is 4.79 Å². The van der Waals surface area contributed by atoms with Crippen molar-refractivity contribution in [1.29, 1.82) is 0 Å². The minimum Gasteiger partial charge on any atom is -0.496 e. The Morgan fingerprint density at radius 1 is 1.07 bits per heavy atom. The van der Waals surface area contributed by atoms with Crippen LogP contribution in [0.3, 0.4) is 0 Å². The first-order valence-electron chi connectivity index (χ1n) is 8.94. The van der Waals surface area contributed by atoms with Crippen molar-refractivity contribution in [1.82, 2.24) is 0 Å². The van der Waals surface area contributed by atoms with Gasteiger partial charge in [0, 0.05) is 4.88 Å². The van der Waals surface area contributed by atoms with E-state index < -0.39 is 0 Å². The number of ether oxygens (including phenoxy) is 3. The summed E-state index contributed by atoms with van der Waals surface area (Å²) in [6.45, 7) is 2.06. The van der Waals surface area contributed by atoms with Crippen LogP contribution in [0.5, 0.6) is 11.5 Å². The van der Waals surface area contributed by atoms with Crippen molar-refractivity contribution in [2.45, 2.75) is 32.6 Å². The van der Waals surface area contributed by atoms with Crippen LogP contribution >= 0.6 is 11.3 Å². The summed E-state index contributed by atoms with van der Waals surface area (Å²) in [5.74, 6) is 0.0457. The van der Waals surface area contributed by atoms with Crippen LogP contribution in [0.2, 0.25) is 0 Å². The Labute approximate surface area is 162 Å². The molecule has 1 aromatic heterocycles. The Morgan fingerprint density at radius 2 is 1.74 bits per heavy atom. The number of carbonyl (C=O) groups excluding carboxylic acids is 2. The molecule has 1 heterocycles. The fourth-order valence-electron chi connectivity index (χ4n) is 3.31. The van der Waals surface area contributed by atoms with Gasteiger partial charge in [0.25, 0.3) is 5.91 Å². The highest BCUT2D eigenvalue weighted by Crippen LogP contribution is 2.39. The molecule has 1 aromatic carbocycles. The number of hydrogen-bond donors (Lipinski definition) is 1. The van der Waals surface area contributed by atoms with E-state index in [0.29, 0.717) is 27.6 Å². The zero-order valence-corrected chi connectivity index (χ0v) is 16.5. The van der Waals surface area contributed by atoms with Crippen molar-refractivity contribution >= 4 is 28.2 Å². The summed E-state index contributed by atoms with van der Waals surface area (Å²) in [6.07, 6.45) is 3.86. The number of amides is 1. The number of fused-ring (bicyclic) bond motifs is 1. The van der Waals surface area contributed by atoms with Crippen LogP contribution in [0, 0.1) is 0 Å². The van der Waals surface area contributed by atoms with Crippen LogP contribution in [0.4, 0.5) is 5.00 Å². The van der Waals surface area contributed by atoms with Crippen molar-refractivity contribution in [3.63, 3.8) is 0 Å². The molecule has 0 aliphatic heterocycles. The van der Waals surface area contributed by atoms with Gasteiger partial charge in [0.2, 0.25) is 0 Å². The van der Waals surface area contributed by atoms with Gasteiger partial charge in [0.1, 0.15) is 22.1 Å². The largest absolute Gasteiger partial charge is 0.496 e. The quantitative estimate of drug-likeness (QED) is 0.754. The highest BCUT2D eigenvalue weighted by atomic mass is 32.1. The van der Waals surface area contributed by atoms with Crippen molar-refractivity contribution in [2.75, 3.05) is 26.1 Å². The van der Waals surface area contributed by atoms with Gasteiger partial charge in [-0.15, -0.1) is 11.3 Å². The molecule has 144 valence electrons. The van der Waals surface area contributed by atoms with E-state index in [2.05, 4.69) is 5.32 Å². The van der Waals surface area contributed by atoms with Crippen LogP contribution in [0.25, 0.3) is 0 Å². The molecule has 1 amide bonds. The highest BCUT2D eigenvalue weighted by Gasteiger charge is 2.28. The molecule has 0 spiro atoms. The number of aryl methyl sites for hydroxylation is 1. The van der Waals surface area contributed by atoms with Gasteiger partial charge in [-0.2, -0.15) is 0 Å². The molecule has 0 fully saturated rings. The molecule has 2 aromatic rings. The third-order valence-electron chi connectivity index (χ3n) is 4.53. The van der Waals surface area contributed by atoms with Crippen LogP contribution < -0.4 is 14.8 Å². The standard InChI is InChI=1S/C20H23NO5S/c1-4-26-20(23)16-12-8-5-6-11-15(12)27-19(16)21-18(22)17-13(24-2)9-7-10-14(17)25-3/h7,9-10H,4-6,8,11H2,1-3H3,(H,21,22). The van der Waals surface area contributed by atoms with Crippen LogP contribution in [0.15, 0.2) is 18.2 Å². The van der Waals surface area contributed by atoms with Crippen LogP contribution in [-0.4, -0.2) is 32.7 Å². The average molecular weight is 389 g/mol. The second kappa shape index (κ2) is 8.43. The predicted molar refractivity (Wildman–Crippen MR) is 104 cm³/mol. The summed E-state index contributed by atoms with van der Waals surface area (Å²) >= 11 is 1.45. The Bertz CT molecular complexity index is 836. The Hall–Kier alpha value is -2.54. The lowest BCUT2D eigenvalue weighted by molar-refractivity contribution is 0.0526. The summed E-state index contributed by atoms with van der Waals surface area (Å²) in [5, 5.41) is 3.42. The molecule has 6 nitrogen and oxygen atoms in total. The number of rotatable bonds is 6. The summed E-state index contributed by atoms with van der Waals surface area (Å²) in [4.78, 5) is 26.7. The van der Waals surface area contributed by atoms with E-state index in [0.717, 1.165) is 36.1 Å².